The number of aliphatic hydroxyl groups is 1. The Kier molecular flexibility index (Phi) is 7.70. The molecular weight excluding hydrogens is 404 g/mol. The van der Waals surface area contributed by atoms with Crippen LogP contribution in [-0.4, -0.2) is 60.4 Å². The average molecular weight is 437 g/mol. The number of unbranched alkanes of at least 4 members (excludes halogenated alkanes) is 1. The van der Waals surface area contributed by atoms with Gasteiger partial charge in [-0.2, -0.15) is 0 Å². The van der Waals surface area contributed by atoms with Gasteiger partial charge in [0.2, 0.25) is 0 Å². The standard InChI is InChI=1S/C26H32N2O4/c1-5-6-16-32-21-9-7-8-20(17-21)24(29)22-23(19-12-10-18(2)11-13-19)28(15-14-27(3)4)26(31)25(22)30/h7-13,17,23,29H,5-6,14-16H2,1-4H3. The zero-order valence-corrected chi connectivity index (χ0v) is 19.3. The van der Waals surface area contributed by atoms with Crippen LogP contribution in [-0.2, 0) is 9.59 Å². The van der Waals surface area contributed by atoms with Crippen molar-refractivity contribution in [2.75, 3.05) is 33.8 Å². The summed E-state index contributed by atoms with van der Waals surface area (Å²) < 4.78 is 5.76. The SMILES string of the molecule is CCCCOc1cccc(C(O)=C2C(=O)C(=O)N(CCN(C)C)C2c2ccc(C)cc2)c1. The molecule has 0 aliphatic carbocycles. The average Bonchev–Trinajstić information content (AvgIpc) is 3.03. The summed E-state index contributed by atoms with van der Waals surface area (Å²) in [5.41, 5.74) is 2.45. The van der Waals surface area contributed by atoms with Crippen LogP contribution in [0.1, 0.15) is 42.5 Å². The summed E-state index contributed by atoms with van der Waals surface area (Å²) in [4.78, 5) is 29.5. The summed E-state index contributed by atoms with van der Waals surface area (Å²) in [6.07, 6.45) is 1.95. The number of likely N-dealkylation sites (N-methyl/N-ethyl adjacent to an activating group) is 1. The minimum Gasteiger partial charge on any atom is -0.507 e. The molecule has 6 nitrogen and oxygen atoms in total. The van der Waals surface area contributed by atoms with Crippen molar-refractivity contribution >= 4 is 17.4 Å². The first-order chi connectivity index (χ1) is 15.3. The van der Waals surface area contributed by atoms with Gasteiger partial charge in [0.25, 0.3) is 11.7 Å². The number of carbonyl (C=O) groups excluding carboxylic acids is 2. The van der Waals surface area contributed by atoms with Gasteiger partial charge in [-0.15, -0.1) is 0 Å². The topological polar surface area (TPSA) is 70.1 Å². The summed E-state index contributed by atoms with van der Waals surface area (Å²) >= 11 is 0. The fourth-order valence-electron chi connectivity index (χ4n) is 3.74. The Morgan fingerprint density at radius 3 is 2.50 bits per heavy atom. The second kappa shape index (κ2) is 10.5. The highest BCUT2D eigenvalue weighted by atomic mass is 16.5. The van der Waals surface area contributed by atoms with Crippen molar-refractivity contribution in [3.05, 3.63) is 70.8 Å². The molecule has 6 heteroatoms. The number of aliphatic hydroxyl groups excluding tert-OH is 1. The van der Waals surface area contributed by atoms with Crippen molar-refractivity contribution in [3.63, 3.8) is 0 Å². The number of benzene rings is 2. The number of hydrogen-bond acceptors (Lipinski definition) is 5. The van der Waals surface area contributed by atoms with Crippen molar-refractivity contribution < 1.29 is 19.4 Å². The molecule has 1 aliphatic rings. The van der Waals surface area contributed by atoms with E-state index in [1.165, 1.54) is 0 Å². The molecule has 1 unspecified atom stereocenters. The van der Waals surface area contributed by atoms with E-state index in [-0.39, 0.29) is 11.3 Å². The molecule has 0 aromatic heterocycles. The molecule has 1 heterocycles. The number of Topliss-reactive ketones (excluding diaryl/α,β-unsaturated/α-hetero) is 1. The van der Waals surface area contributed by atoms with Gasteiger partial charge in [-0.3, -0.25) is 9.59 Å². The smallest absolute Gasteiger partial charge is 0.295 e. The van der Waals surface area contributed by atoms with Crippen LogP contribution in [0.4, 0.5) is 0 Å². The van der Waals surface area contributed by atoms with Gasteiger partial charge in [-0.1, -0.05) is 55.3 Å². The van der Waals surface area contributed by atoms with Crippen LogP contribution in [0.5, 0.6) is 5.75 Å². The number of hydrogen-bond donors (Lipinski definition) is 1. The Morgan fingerprint density at radius 1 is 1.12 bits per heavy atom. The van der Waals surface area contributed by atoms with Crippen molar-refractivity contribution in [3.8, 4) is 5.75 Å². The molecule has 0 radical (unpaired) electrons. The lowest BCUT2D eigenvalue weighted by Gasteiger charge is -2.26. The van der Waals surface area contributed by atoms with Gasteiger partial charge >= 0.3 is 0 Å². The number of ketones is 1. The van der Waals surface area contributed by atoms with E-state index in [0.29, 0.717) is 31.0 Å². The van der Waals surface area contributed by atoms with E-state index < -0.39 is 17.7 Å². The molecule has 1 N–H and O–H groups in total. The van der Waals surface area contributed by atoms with E-state index in [9.17, 15) is 14.7 Å². The molecule has 0 saturated carbocycles. The lowest BCUT2D eigenvalue weighted by molar-refractivity contribution is -0.140. The van der Waals surface area contributed by atoms with Crippen molar-refractivity contribution in [2.45, 2.75) is 32.7 Å². The number of rotatable bonds is 9. The van der Waals surface area contributed by atoms with Gasteiger partial charge in [0.05, 0.1) is 18.2 Å². The predicted molar refractivity (Wildman–Crippen MR) is 126 cm³/mol. The summed E-state index contributed by atoms with van der Waals surface area (Å²) in [7, 11) is 3.84. The summed E-state index contributed by atoms with van der Waals surface area (Å²) in [5.74, 6) is -0.808. The zero-order valence-electron chi connectivity index (χ0n) is 19.3. The molecule has 3 rings (SSSR count). The lowest BCUT2D eigenvalue weighted by Crippen LogP contribution is -2.35. The van der Waals surface area contributed by atoms with Gasteiger partial charge in [-0.25, -0.2) is 0 Å². The first-order valence-corrected chi connectivity index (χ1v) is 11.1. The molecule has 1 amide bonds. The van der Waals surface area contributed by atoms with Crippen molar-refractivity contribution in [1.82, 2.24) is 9.80 Å². The molecule has 0 spiro atoms. The largest absolute Gasteiger partial charge is 0.507 e. The summed E-state index contributed by atoms with van der Waals surface area (Å²) in [6.45, 7) is 5.64. The molecular formula is C26H32N2O4. The monoisotopic (exact) mass is 436 g/mol. The highest BCUT2D eigenvalue weighted by Crippen LogP contribution is 2.39. The Hall–Kier alpha value is -3.12. The number of likely N-dealkylation sites (tertiary alicyclic amines) is 1. The third-order valence-corrected chi connectivity index (χ3v) is 5.60. The summed E-state index contributed by atoms with van der Waals surface area (Å²) in [5, 5.41) is 11.2. The van der Waals surface area contributed by atoms with Gasteiger partial charge in [-0.05, 0) is 45.1 Å². The van der Waals surface area contributed by atoms with Crippen LogP contribution < -0.4 is 4.74 Å². The molecule has 32 heavy (non-hydrogen) atoms. The fourth-order valence-corrected chi connectivity index (χ4v) is 3.74. The molecule has 1 atom stereocenters. The molecule has 1 fully saturated rings. The van der Waals surface area contributed by atoms with Gasteiger partial charge in [0, 0.05) is 18.7 Å². The Balaban J connectivity index is 2.05. The maximum atomic E-state index is 13.1. The predicted octanol–water partition coefficient (Wildman–Crippen LogP) is 4.16. The van der Waals surface area contributed by atoms with Crippen LogP contribution in [0.3, 0.4) is 0 Å². The molecule has 2 aromatic carbocycles. The van der Waals surface area contributed by atoms with E-state index in [4.69, 9.17) is 4.74 Å². The number of nitrogens with zero attached hydrogens (tertiary/aromatic N) is 2. The van der Waals surface area contributed by atoms with E-state index in [1.807, 2.05) is 56.3 Å². The first kappa shape index (κ1) is 23.5. The second-order valence-corrected chi connectivity index (χ2v) is 8.44. The molecule has 0 bridgehead atoms. The van der Waals surface area contributed by atoms with Crippen LogP contribution in [0.2, 0.25) is 0 Å². The highest BCUT2D eigenvalue weighted by molar-refractivity contribution is 6.46. The Labute approximate surface area is 190 Å². The van der Waals surface area contributed by atoms with E-state index in [0.717, 1.165) is 24.0 Å². The normalized spacial score (nSPS) is 17.9. The Bertz CT molecular complexity index is 995. The van der Waals surface area contributed by atoms with E-state index in [1.54, 1.807) is 23.1 Å². The van der Waals surface area contributed by atoms with E-state index >= 15 is 0 Å². The Morgan fingerprint density at radius 2 is 1.84 bits per heavy atom. The quantitative estimate of drug-likeness (QED) is 0.277. The molecule has 2 aromatic rings. The third-order valence-electron chi connectivity index (χ3n) is 5.60. The van der Waals surface area contributed by atoms with E-state index in [2.05, 4.69) is 6.92 Å². The maximum Gasteiger partial charge on any atom is 0.295 e. The fraction of sp³-hybridized carbons (Fsp3) is 0.385. The number of amides is 1. The van der Waals surface area contributed by atoms with Gasteiger partial charge in [0.1, 0.15) is 11.5 Å². The molecule has 1 aliphatic heterocycles. The van der Waals surface area contributed by atoms with Crippen molar-refractivity contribution in [1.29, 1.82) is 0 Å². The van der Waals surface area contributed by atoms with Crippen LogP contribution in [0.15, 0.2) is 54.1 Å². The number of ether oxygens (including phenoxy) is 1. The van der Waals surface area contributed by atoms with Crippen LogP contribution in [0, 0.1) is 6.92 Å². The minimum absolute atomic E-state index is 0.114. The highest BCUT2D eigenvalue weighted by Gasteiger charge is 2.45. The maximum absolute atomic E-state index is 13.1. The molecule has 1 saturated heterocycles. The van der Waals surface area contributed by atoms with Gasteiger partial charge < -0.3 is 19.6 Å². The zero-order chi connectivity index (χ0) is 23.3. The third kappa shape index (κ3) is 5.19. The first-order valence-electron chi connectivity index (χ1n) is 11.1. The second-order valence-electron chi connectivity index (χ2n) is 8.44. The van der Waals surface area contributed by atoms with Gasteiger partial charge in [0.15, 0.2) is 0 Å². The minimum atomic E-state index is -0.663. The lowest BCUT2D eigenvalue weighted by atomic mass is 9.94. The molecule has 170 valence electrons. The number of aryl methyl sites for hydroxylation is 1. The van der Waals surface area contributed by atoms with Crippen LogP contribution >= 0.6 is 0 Å². The number of carbonyl (C=O) groups is 2. The summed E-state index contributed by atoms with van der Waals surface area (Å²) in [6, 6.07) is 14.1. The van der Waals surface area contributed by atoms with Crippen molar-refractivity contribution in [2.24, 2.45) is 0 Å². The van der Waals surface area contributed by atoms with Crippen LogP contribution in [0.25, 0.3) is 5.76 Å².